The number of carbonyl (C=O) groups excluding carboxylic acids is 1. The predicted octanol–water partition coefficient (Wildman–Crippen LogP) is 3.01. The van der Waals surface area contributed by atoms with Gasteiger partial charge in [0.05, 0.1) is 0 Å². The number of rotatable bonds is 1. The fourth-order valence-electron chi connectivity index (χ4n) is 1.40. The maximum absolute atomic E-state index is 13.0. The van der Waals surface area contributed by atoms with Crippen LogP contribution in [0.15, 0.2) is 11.4 Å². The van der Waals surface area contributed by atoms with Crippen molar-refractivity contribution >= 4 is 5.78 Å². The minimum absolute atomic E-state index is 0.0301. The molecule has 0 N–H and O–H groups in total. The number of hydrogen-bond acceptors (Lipinski definition) is 1. The third-order valence-corrected chi connectivity index (χ3v) is 2.11. The first-order chi connectivity index (χ1) is 5.43. The van der Waals surface area contributed by atoms with Gasteiger partial charge in [0.2, 0.25) is 0 Å². The molecule has 0 saturated carbocycles. The van der Waals surface area contributed by atoms with Crippen molar-refractivity contribution in [3.8, 4) is 0 Å². The first kappa shape index (κ1) is 9.43. The Kier molecular flexibility index (Phi) is 2.36. The van der Waals surface area contributed by atoms with Crippen LogP contribution in [-0.4, -0.2) is 5.78 Å². The summed E-state index contributed by atoms with van der Waals surface area (Å²) in [5.74, 6) is -0.215. The Labute approximate surface area is 72.7 Å². The zero-order valence-corrected chi connectivity index (χ0v) is 7.91. The van der Waals surface area contributed by atoms with E-state index in [1.807, 2.05) is 20.8 Å². The van der Waals surface area contributed by atoms with Crippen LogP contribution in [-0.2, 0) is 4.79 Å². The molecule has 0 saturated heterocycles. The average Bonchev–Trinajstić information content (AvgIpc) is 2.31. The number of Topliss-reactive ketones (excluding diaryl/α,β-unsaturated/α-hetero) is 1. The smallest absolute Gasteiger partial charge is 0.166 e. The fourth-order valence-corrected chi connectivity index (χ4v) is 1.40. The molecule has 1 nitrogen and oxygen atoms in total. The molecule has 0 aromatic carbocycles. The standard InChI is InChI=1S/C10H15FO/c1-10(2,3)9(12)7-5-4-6-8(7)11/h4-6H2,1-3H3. The summed E-state index contributed by atoms with van der Waals surface area (Å²) in [6.45, 7) is 5.48. The van der Waals surface area contributed by atoms with Crippen molar-refractivity contribution in [2.75, 3.05) is 0 Å². The van der Waals surface area contributed by atoms with Gasteiger partial charge in [-0.3, -0.25) is 4.79 Å². The highest BCUT2D eigenvalue weighted by molar-refractivity contribution is 5.99. The van der Waals surface area contributed by atoms with Gasteiger partial charge in [-0.2, -0.15) is 0 Å². The quantitative estimate of drug-likeness (QED) is 0.591. The highest BCUT2D eigenvalue weighted by Crippen LogP contribution is 2.32. The molecule has 0 unspecified atom stereocenters. The Morgan fingerprint density at radius 2 is 1.92 bits per heavy atom. The summed E-state index contributed by atoms with van der Waals surface area (Å²) >= 11 is 0. The summed E-state index contributed by atoms with van der Waals surface area (Å²) in [6.07, 6.45) is 1.88. The lowest BCUT2D eigenvalue weighted by Crippen LogP contribution is -2.21. The van der Waals surface area contributed by atoms with Crippen molar-refractivity contribution in [3.05, 3.63) is 11.4 Å². The Bertz CT molecular complexity index is 233. The lowest BCUT2D eigenvalue weighted by molar-refractivity contribution is -0.122. The van der Waals surface area contributed by atoms with E-state index in [0.717, 1.165) is 6.42 Å². The van der Waals surface area contributed by atoms with Gasteiger partial charge in [0.1, 0.15) is 5.83 Å². The molecule has 0 fully saturated rings. The lowest BCUT2D eigenvalue weighted by Gasteiger charge is -2.17. The van der Waals surface area contributed by atoms with Gasteiger partial charge in [0.15, 0.2) is 5.78 Å². The summed E-state index contributed by atoms with van der Waals surface area (Å²) < 4.78 is 13.0. The van der Waals surface area contributed by atoms with E-state index in [1.165, 1.54) is 0 Å². The van der Waals surface area contributed by atoms with Gasteiger partial charge < -0.3 is 0 Å². The lowest BCUT2D eigenvalue weighted by atomic mass is 9.86. The minimum atomic E-state index is -0.434. The number of hydrogen-bond donors (Lipinski definition) is 0. The van der Waals surface area contributed by atoms with Crippen LogP contribution in [0.25, 0.3) is 0 Å². The second kappa shape index (κ2) is 3.00. The number of halogens is 1. The molecule has 0 heterocycles. The summed E-state index contributed by atoms with van der Waals surface area (Å²) in [6, 6.07) is 0. The normalized spacial score (nSPS) is 18.7. The number of ketones is 1. The molecular weight excluding hydrogens is 155 g/mol. The van der Waals surface area contributed by atoms with Crippen molar-refractivity contribution in [2.45, 2.75) is 40.0 Å². The van der Waals surface area contributed by atoms with Crippen LogP contribution < -0.4 is 0 Å². The van der Waals surface area contributed by atoms with Crippen LogP contribution >= 0.6 is 0 Å². The largest absolute Gasteiger partial charge is 0.294 e. The van der Waals surface area contributed by atoms with E-state index in [4.69, 9.17) is 0 Å². The van der Waals surface area contributed by atoms with E-state index >= 15 is 0 Å². The van der Waals surface area contributed by atoms with E-state index in [0.29, 0.717) is 18.4 Å². The van der Waals surface area contributed by atoms with E-state index in [-0.39, 0.29) is 11.6 Å². The maximum atomic E-state index is 13.0. The Morgan fingerprint density at radius 1 is 1.33 bits per heavy atom. The Hall–Kier alpha value is -0.660. The molecule has 0 amide bonds. The van der Waals surface area contributed by atoms with Crippen molar-refractivity contribution in [3.63, 3.8) is 0 Å². The van der Waals surface area contributed by atoms with Gasteiger partial charge in [-0.15, -0.1) is 0 Å². The second-order valence-electron chi connectivity index (χ2n) is 4.32. The van der Waals surface area contributed by atoms with Gasteiger partial charge in [0.25, 0.3) is 0 Å². The third kappa shape index (κ3) is 1.74. The molecule has 12 heavy (non-hydrogen) atoms. The molecule has 0 bridgehead atoms. The molecule has 0 atom stereocenters. The Morgan fingerprint density at radius 3 is 2.25 bits per heavy atom. The van der Waals surface area contributed by atoms with Crippen LogP contribution in [0, 0.1) is 5.41 Å². The molecular formula is C10H15FO. The molecule has 0 spiro atoms. The summed E-state index contributed by atoms with van der Waals surface area (Å²) in [5.41, 5.74) is -0.000648. The average molecular weight is 170 g/mol. The van der Waals surface area contributed by atoms with Gasteiger partial charge >= 0.3 is 0 Å². The molecule has 0 aromatic heterocycles. The fraction of sp³-hybridized carbons (Fsp3) is 0.700. The zero-order chi connectivity index (χ0) is 9.35. The molecule has 2 heteroatoms. The van der Waals surface area contributed by atoms with E-state index in [1.54, 1.807) is 0 Å². The topological polar surface area (TPSA) is 17.1 Å². The first-order valence-electron chi connectivity index (χ1n) is 4.35. The van der Waals surface area contributed by atoms with Crippen LogP contribution in [0.4, 0.5) is 4.39 Å². The molecule has 0 aromatic rings. The molecule has 68 valence electrons. The van der Waals surface area contributed by atoms with Gasteiger partial charge in [-0.25, -0.2) is 4.39 Å². The number of carbonyl (C=O) groups is 1. The van der Waals surface area contributed by atoms with Crippen molar-refractivity contribution in [1.29, 1.82) is 0 Å². The van der Waals surface area contributed by atoms with Gasteiger partial charge in [-0.05, 0) is 19.3 Å². The molecule has 0 aliphatic heterocycles. The minimum Gasteiger partial charge on any atom is -0.294 e. The van der Waals surface area contributed by atoms with E-state index in [2.05, 4.69) is 0 Å². The maximum Gasteiger partial charge on any atom is 0.166 e. The monoisotopic (exact) mass is 170 g/mol. The molecule has 1 aliphatic carbocycles. The summed E-state index contributed by atoms with van der Waals surface area (Å²) in [5, 5.41) is 0. The van der Waals surface area contributed by atoms with Gasteiger partial charge in [-0.1, -0.05) is 20.8 Å². The van der Waals surface area contributed by atoms with E-state index < -0.39 is 5.41 Å². The van der Waals surface area contributed by atoms with Crippen LogP contribution in [0.3, 0.4) is 0 Å². The molecule has 1 aliphatic rings. The van der Waals surface area contributed by atoms with Crippen LogP contribution in [0.5, 0.6) is 0 Å². The summed E-state index contributed by atoms with van der Waals surface area (Å²) in [4.78, 5) is 11.6. The highest BCUT2D eigenvalue weighted by atomic mass is 19.1. The van der Waals surface area contributed by atoms with Crippen molar-refractivity contribution in [2.24, 2.45) is 5.41 Å². The summed E-state index contributed by atoms with van der Waals surface area (Å²) in [7, 11) is 0. The predicted molar refractivity (Wildman–Crippen MR) is 46.4 cm³/mol. The SMILES string of the molecule is CC(C)(C)C(=O)C1=C(F)CCC1. The molecule has 0 radical (unpaired) electrons. The highest BCUT2D eigenvalue weighted by Gasteiger charge is 2.29. The van der Waals surface area contributed by atoms with Crippen LogP contribution in [0.1, 0.15) is 40.0 Å². The van der Waals surface area contributed by atoms with E-state index in [9.17, 15) is 9.18 Å². The van der Waals surface area contributed by atoms with Crippen LogP contribution in [0.2, 0.25) is 0 Å². The van der Waals surface area contributed by atoms with Crippen molar-refractivity contribution < 1.29 is 9.18 Å². The first-order valence-corrected chi connectivity index (χ1v) is 4.35. The second-order valence-corrected chi connectivity index (χ2v) is 4.32. The molecule has 1 rings (SSSR count). The third-order valence-electron chi connectivity index (χ3n) is 2.11. The Balaban J connectivity index is 2.85. The van der Waals surface area contributed by atoms with Crippen molar-refractivity contribution in [1.82, 2.24) is 0 Å². The van der Waals surface area contributed by atoms with Gasteiger partial charge in [0, 0.05) is 11.0 Å². The zero-order valence-electron chi connectivity index (χ0n) is 7.91. The number of allylic oxidation sites excluding steroid dienone is 2.